The molecule has 1 fully saturated rings. The minimum absolute atomic E-state index is 0.0241. The molecule has 1 aliphatic heterocycles. The Morgan fingerprint density at radius 2 is 1.72 bits per heavy atom. The number of anilines is 1. The van der Waals surface area contributed by atoms with Gasteiger partial charge in [0, 0.05) is 26.1 Å². The van der Waals surface area contributed by atoms with Crippen LogP contribution in [0.1, 0.15) is 31.4 Å². The summed E-state index contributed by atoms with van der Waals surface area (Å²) in [5, 5.41) is 0. The maximum Gasteiger partial charge on any atom is 0.232 e. The van der Waals surface area contributed by atoms with Gasteiger partial charge in [-0.1, -0.05) is 32.0 Å². The largest absolute Gasteiger partial charge is 0.378 e. The van der Waals surface area contributed by atoms with Crippen molar-refractivity contribution < 1.29 is 17.9 Å². The van der Waals surface area contributed by atoms with Gasteiger partial charge in [0.2, 0.25) is 15.9 Å². The SMILES string of the molecule is CCc1cccc(CC)c1N(CCC(=O)N1CCOCC1)S(C)(=O)=O. The maximum atomic E-state index is 12.4. The summed E-state index contributed by atoms with van der Waals surface area (Å²) in [4.78, 5) is 14.2. The van der Waals surface area contributed by atoms with E-state index in [0.29, 0.717) is 26.3 Å². The summed E-state index contributed by atoms with van der Waals surface area (Å²) >= 11 is 0. The molecule has 1 aromatic rings. The number of benzene rings is 1. The molecule has 0 atom stereocenters. The van der Waals surface area contributed by atoms with Crippen molar-refractivity contribution in [1.29, 1.82) is 0 Å². The molecule has 0 aliphatic carbocycles. The quantitative estimate of drug-likeness (QED) is 0.736. The second-order valence-corrected chi connectivity index (χ2v) is 8.12. The maximum absolute atomic E-state index is 12.4. The molecular formula is C18H28N2O4S. The number of para-hydroxylation sites is 1. The molecule has 1 heterocycles. The molecule has 6 nitrogen and oxygen atoms in total. The van der Waals surface area contributed by atoms with Crippen molar-refractivity contribution in [2.45, 2.75) is 33.1 Å². The lowest BCUT2D eigenvalue weighted by atomic mass is 10.0. The molecular weight excluding hydrogens is 340 g/mol. The molecule has 1 aromatic carbocycles. The van der Waals surface area contributed by atoms with E-state index in [1.807, 2.05) is 32.0 Å². The first-order valence-electron chi connectivity index (χ1n) is 8.82. The molecule has 0 radical (unpaired) electrons. The second kappa shape index (κ2) is 8.67. The van der Waals surface area contributed by atoms with E-state index < -0.39 is 10.0 Å². The number of rotatable bonds is 7. The molecule has 0 saturated carbocycles. The predicted molar refractivity (Wildman–Crippen MR) is 99.4 cm³/mol. The van der Waals surface area contributed by atoms with Gasteiger partial charge in [0.1, 0.15) is 0 Å². The minimum Gasteiger partial charge on any atom is -0.378 e. The van der Waals surface area contributed by atoms with Crippen LogP contribution in [0.5, 0.6) is 0 Å². The van der Waals surface area contributed by atoms with Gasteiger partial charge in [-0.05, 0) is 24.0 Å². The van der Waals surface area contributed by atoms with Crippen molar-refractivity contribution in [2.75, 3.05) is 43.4 Å². The monoisotopic (exact) mass is 368 g/mol. The van der Waals surface area contributed by atoms with Gasteiger partial charge in [-0.2, -0.15) is 0 Å². The lowest BCUT2D eigenvalue weighted by Gasteiger charge is -2.30. The van der Waals surface area contributed by atoms with Crippen molar-refractivity contribution in [3.63, 3.8) is 0 Å². The number of ether oxygens (including phenoxy) is 1. The molecule has 140 valence electrons. The fraction of sp³-hybridized carbons (Fsp3) is 0.611. The first kappa shape index (κ1) is 19.7. The number of sulfonamides is 1. The Bertz CT molecular complexity index is 675. The molecule has 1 aliphatic rings. The molecule has 0 unspecified atom stereocenters. The fourth-order valence-electron chi connectivity index (χ4n) is 3.15. The second-order valence-electron chi connectivity index (χ2n) is 6.21. The van der Waals surface area contributed by atoms with Gasteiger partial charge < -0.3 is 9.64 Å². The van der Waals surface area contributed by atoms with Crippen LogP contribution in [0.15, 0.2) is 18.2 Å². The highest BCUT2D eigenvalue weighted by atomic mass is 32.2. The van der Waals surface area contributed by atoms with E-state index in [1.54, 1.807) is 4.90 Å². The van der Waals surface area contributed by atoms with Gasteiger partial charge in [-0.15, -0.1) is 0 Å². The van der Waals surface area contributed by atoms with E-state index in [4.69, 9.17) is 4.74 Å². The standard InChI is InChI=1S/C18H28N2O4S/c1-4-15-7-6-8-16(5-2)18(15)20(25(3,22)23)10-9-17(21)19-11-13-24-14-12-19/h6-8H,4-5,9-14H2,1-3H3. The number of hydrogen-bond acceptors (Lipinski definition) is 4. The molecule has 7 heteroatoms. The summed E-state index contributed by atoms with van der Waals surface area (Å²) in [6, 6.07) is 5.87. The average Bonchev–Trinajstić information content (AvgIpc) is 2.61. The van der Waals surface area contributed by atoms with Gasteiger partial charge in [-0.25, -0.2) is 8.42 Å². The number of amides is 1. The first-order valence-corrected chi connectivity index (χ1v) is 10.7. The highest BCUT2D eigenvalue weighted by Crippen LogP contribution is 2.29. The topological polar surface area (TPSA) is 66.9 Å². The summed E-state index contributed by atoms with van der Waals surface area (Å²) in [7, 11) is -3.47. The van der Waals surface area contributed by atoms with Gasteiger partial charge in [0.05, 0.1) is 25.2 Å². The van der Waals surface area contributed by atoms with E-state index in [-0.39, 0.29) is 18.9 Å². The summed E-state index contributed by atoms with van der Waals surface area (Å²) in [6.07, 6.45) is 2.87. The summed E-state index contributed by atoms with van der Waals surface area (Å²) in [5.41, 5.74) is 2.72. The Morgan fingerprint density at radius 3 is 2.20 bits per heavy atom. The van der Waals surface area contributed by atoms with E-state index >= 15 is 0 Å². The van der Waals surface area contributed by atoms with Crippen molar-refractivity contribution in [3.05, 3.63) is 29.3 Å². The van der Waals surface area contributed by atoms with Crippen molar-refractivity contribution >= 4 is 21.6 Å². The van der Waals surface area contributed by atoms with Crippen LogP contribution in [0, 0.1) is 0 Å². The summed E-state index contributed by atoms with van der Waals surface area (Å²) in [5.74, 6) is -0.0241. The van der Waals surface area contributed by atoms with E-state index in [0.717, 1.165) is 29.7 Å². The highest BCUT2D eigenvalue weighted by molar-refractivity contribution is 7.92. The number of aryl methyl sites for hydroxylation is 2. The number of hydrogen-bond donors (Lipinski definition) is 0. The van der Waals surface area contributed by atoms with E-state index in [1.165, 1.54) is 10.6 Å². The Kier molecular flexibility index (Phi) is 6.84. The van der Waals surface area contributed by atoms with Crippen molar-refractivity contribution in [1.82, 2.24) is 4.90 Å². The number of carbonyl (C=O) groups excluding carboxylic acids is 1. The fourth-order valence-corrected chi connectivity index (χ4v) is 4.14. The zero-order valence-corrected chi connectivity index (χ0v) is 16.1. The molecule has 2 rings (SSSR count). The van der Waals surface area contributed by atoms with Crippen LogP contribution in [0.3, 0.4) is 0 Å². The van der Waals surface area contributed by atoms with Gasteiger partial charge in [-0.3, -0.25) is 9.10 Å². The Morgan fingerprint density at radius 1 is 1.16 bits per heavy atom. The zero-order valence-electron chi connectivity index (χ0n) is 15.3. The predicted octanol–water partition coefficient (Wildman–Crippen LogP) is 1.83. The molecule has 1 amide bonds. The Balaban J connectivity index is 2.25. The Labute approximate surface area is 150 Å². The third-order valence-corrected chi connectivity index (χ3v) is 5.67. The summed E-state index contributed by atoms with van der Waals surface area (Å²) in [6.45, 7) is 6.42. The van der Waals surface area contributed by atoms with Gasteiger partial charge in [0.25, 0.3) is 0 Å². The lowest BCUT2D eigenvalue weighted by Crippen LogP contribution is -2.42. The third-order valence-electron chi connectivity index (χ3n) is 4.51. The first-order chi connectivity index (χ1) is 11.9. The van der Waals surface area contributed by atoms with Gasteiger partial charge >= 0.3 is 0 Å². The summed E-state index contributed by atoms with van der Waals surface area (Å²) < 4.78 is 31.5. The van der Waals surface area contributed by atoms with Crippen LogP contribution < -0.4 is 4.31 Å². The normalized spacial score (nSPS) is 15.2. The molecule has 25 heavy (non-hydrogen) atoms. The average molecular weight is 368 g/mol. The van der Waals surface area contributed by atoms with Crippen LogP contribution in [-0.2, 0) is 32.4 Å². The minimum atomic E-state index is -3.47. The molecule has 0 aromatic heterocycles. The molecule has 0 N–H and O–H groups in total. The van der Waals surface area contributed by atoms with Crippen LogP contribution in [-0.4, -0.2) is 58.3 Å². The van der Waals surface area contributed by atoms with Crippen molar-refractivity contribution in [2.24, 2.45) is 0 Å². The van der Waals surface area contributed by atoms with Crippen molar-refractivity contribution in [3.8, 4) is 0 Å². The number of nitrogens with zero attached hydrogens (tertiary/aromatic N) is 2. The van der Waals surface area contributed by atoms with E-state index in [9.17, 15) is 13.2 Å². The molecule has 0 bridgehead atoms. The van der Waals surface area contributed by atoms with Crippen LogP contribution >= 0.6 is 0 Å². The smallest absolute Gasteiger partial charge is 0.232 e. The lowest BCUT2D eigenvalue weighted by molar-refractivity contribution is -0.135. The molecule has 1 saturated heterocycles. The van der Waals surface area contributed by atoms with E-state index in [2.05, 4.69) is 0 Å². The number of carbonyl (C=O) groups is 1. The number of morpholine rings is 1. The van der Waals surface area contributed by atoms with Crippen LogP contribution in [0.25, 0.3) is 0 Å². The third kappa shape index (κ3) is 4.95. The highest BCUT2D eigenvalue weighted by Gasteiger charge is 2.25. The van der Waals surface area contributed by atoms with Gasteiger partial charge in [0.15, 0.2) is 0 Å². The van der Waals surface area contributed by atoms with Crippen LogP contribution in [0.2, 0.25) is 0 Å². The molecule has 0 spiro atoms. The Hall–Kier alpha value is -1.60. The van der Waals surface area contributed by atoms with Crippen LogP contribution in [0.4, 0.5) is 5.69 Å². The zero-order chi connectivity index (χ0) is 18.4.